The van der Waals surface area contributed by atoms with E-state index in [1.807, 2.05) is 18.2 Å². The van der Waals surface area contributed by atoms with Crippen LogP contribution in [-0.2, 0) is 9.53 Å². The first kappa shape index (κ1) is 14.3. The molecule has 2 atom stereocenters. The molecule has 2 rings (SSSR count). The zero-order valence-corrected chi connectivity index (χ0v) is 11.8. The van der Waals surface area contributed by atoms with Crippen LogP contribution in [0.5, 0.6) is 0 Å². The van der Waals surface area contributed by atoms with Crippen molar-refractivity contribution in [3.63, 3.8) is 0 Å². The van der Waals surface area contributed by atoms with Crippen LogP contribution in [0.2, 0.25) is 0 Å². The molecule has 2 unspecified atom stereocenters. The summed E-state index contributed by atoms with van der Waals surface area (Å²) in [6.45, 7) is 0. The third-order valence-corrected chi connectivity index (χ3v) is 4.36. The van der Waals surface area contributed by atoms with E-state index in [2.05, 4.69) is 12.1 Å². The summed E-state index contributed by atoms with van der Waals surface area (Å²) in [7, 11) is 1.79. The van der Waals surface area contributed by atoms with Crippen LogP contribution in [0.25, 0.3) is 0 Å². The van der Waals surface area contributed by atoms with Crippen molar-refractivity contribution < 1.29 is 9.53 Å². The number of aldehydes is 1. The van der Waals surface area contributed by atoms with Crippen LogP contribution in [0.1, 0.15) is 50.0 Å². The van der Waals surface area contributed by atoms with Gasteiger partial charge in [0.2, 0.25) is 0 Å². The summed E-state index contributed by atoms with van der Waals surface area (Å²) in [5, 5.41) is 0. The fraction of sp³-hybridized carbons (Fsp3) is 0.588. The van der Waals surface area contributed by atoms with E-state index in [0.29, 0.717) is 12.3 Å². The van der Waals surface area contributed by atoms with Crippen molar-refractivity contribution in [2.24, 2.45) is 5.92 Å². The molecule has 0 radical (unpaired) electrons. The number of rotatable bonds is 6. The van der Waals surface area contributed by atoms with Crippen LogP contribution in [0.3, 0.4) is 0 Å². The molecule has 2 heteroatoms. The van der Waals surface area contributed by atoms with Crippen LogP contribution in [-0.4, -0.2) is 19.5 Å². The molecule has 0 heterocycles. The van der Waals surface area contributed by atoms with Crippen molar-refractivity contribution in [3.8, 4) is 0 Å². The molecule has 0 spiro atoms. The second kappa shape index (κ2) is 7.44. The molecule has 1 fully saturated rings. The summed E-state index contributed by atoms with van der Waals surface area (Å²) in [4.78, 5) is 11.0. The topological polar surface area (TPSA) is 26.3 Å². The summed E-state index contributed by atoms with van der Waals surface area (Å²) in [6, 6.07) is 10.3. The number of carbonyl (C=O) groups excluding carboxylic acids is 1. The van der Waals surface area contributed by atoms with Crippen molar-refractivity contribution in [1.29, 1.82) is 0 Å². The van der Waals surface area contributed by atoms with Gasteiger partial charge in [0, 0.05) is 19.4 Å². The van der Waals surface area contributed by atoms with Gasteiger partial charge >= 0.3 is 0 Å². The van der Waals surface area contributed by atoms with E-state index in [0.717, 1.165) is 6.29 Å². The Kier molecular flexibility index (Phi) is 5.59. The Bertz CT molecular complexity index is 368. The lowest BCUT2D eigenvalue weighted by Gasteiger charge is -2.34. The fourth-order valence-corrected chi connectivity index (χ4v) is 3.41. The maximum absolute atomic E-state index is 11.0. The lowest BCUT2D eigenvalue weighted by Crippen LogP contribution is -2.31. The number of benzene rings is 1. The Morgan fingerprint density at radius 2 is 1.89 bits per heavy atom. The molecule has 1 aliphatic carbocycles. The molecule has 1 aliphatic rings. The molecule has 0 bridgehead atoms. The Hall–Kier alpha value is -1.15. The van der Waals surface area contributed by atoms with Crippen molar-refractivity contribution in [3.05, 3.63) is 35.9 Å². The van der Waals surface area contributed by atoms with Gasteiger partial charge in [-0.15, -0.1) is 0 Å². The van der Waals surface area contributed by atoms with Gasteiger partial charge in [0.25, 0.3) is 0 Å². The van der Waals surface area contributed by atoms with Gasteiger partial charge in [-0.1, -0.05) is 49.6 Å². The molecule has 1 saturated carbocycles. The average Bonchev–Trinajstić information content (AvgIpc) is 2.49. The molecule has 1 aromatic rings. The number of ether oxygens (including phenoxy) is 1. The SMILES string of the molecule is COC(C1CCCCC1)C(CC=O)c1ccccc1. The maximum atomic E-state index is 11.0. The van der Waals surface area contributed by atoms with E-state index in [9.17, 15) is 4.79 Å². The monoisotopic (exact) mass is 260 g/mol. The Morgan fingerprint density at radius 3 is 2.47 bits per heavy atom. The van der Waals surface area contributed by atoms with E-state index >= 15 is 0 Å². The van der Waals surface area contributed by atoms with Crippen LogP contribution in [0, 0.1) is 5.92 Å². The van der Waals surface area contributed by atoms with Gasteiger partial charge in [0.15, 0.2) is 0 Å². The first-order valence-corrected chi connectivity index (χ1v) is 7.38. The van der Waals surface area contributed by atoms with Gasteiger partial charge in [-0.2, -0.15) is 0 Å². The van der Waals surface area contributed by atoms with Gasteiger partial charge in [-0.05, 0) is 24.3 Å². The fourth-order valence-electron chi connectivity index (χ4n) is 3.41. The minimum atomic E-state index is 0.174. The highest BCUT2D eigenvalue weighted by molar-refractivity contribution is 5.52. The normalized spacial score (nSPS) is 19.8. The predicted molar refractivity (Wildman–Crippen MR) is 77.2 cm³/mol. The lowest BCUT2D eigenvalue weighted by atomic mass is 9.77. The van der Waals surface area contributed by atoms with E-state index in [1.54, 1.807) is 7.11 Å². The lowest BCUT2D eigenvalue weighted by molar-refractivity contribution is -0.109. The third-order valence-electron chi connectivity index (χ3n) is 4.36. The molecular formula is C17H24O2. The number of methoxy groups -OCH3 is 1. The van der Waals surface area contributed by atoms with Gasteiger partial charge in [-0.3, -0.25) is 0 Å². The second-order valence-corrected chi connectivity index (χ2v) is 5.52. The van der Waals surface area contributed by atoms with E-state index < -0.39 is 0 Å². The van der Waals surface area contributed by atoms with E-state index in [1.165, 1.54) is 37.7 Å². The smallest absolute Gasteiger partial charge is 0.120 e. The maximum Gasteiger partial charge on any atom is 0.120 e. The second-order valence-electron chi connectivity index (χ2n) is 5.52. The predicted octanol–water partition coefficient (Wildman–Crippen LogP) is 3.95. The standard InChI is InChI=1S/C17H24O2/c1-19-17(15-10-6-3-7-11-15)16(12-13-18)14-8-4-2-5-9-14/h2,4-5,8-9,13,15-17H,3,6-7,10-12H2,1H3. The quantitative estimate of drug-likeness (QED) is 0.724. The van der Waals surface area contributed by atoms with Crippen LogP contribution in [0.15, 0.2) is 30.3 Å². The Labute approximate surface area is 116 Å². The van der Waals surface area contributed by atoms with Crippen molar-refractivity contribution in [2.45, 2.75) is 50.5 Å². The zero-order chi connectivity index (χ0) is 13.5. The highest BCUT2D eigenvalue weighted by Gasteiger charge is 2.31. The highest BCUT2D eigenvalue weighted by atomic mass is 16.5. The largest absolute Gasteiger partial charge is 0.381 e. The molecule has 0 aliphatic heterocycles. The Morgan fingerprint density at radius 1 is 1.21 bits per heavy atom. The van der Waals surface area contributed by atoms with Crippen LogP contribution >= 0.6 is 0 Å². The molecule has 0 aromatic heterocycles. The van der Waals surface area contributed by atoms with Gasteiger partial charge < -0.3 is 9.53 Å². The van der Waals surface area contributed by atoms with Crippen LogP contribution in [0.4, 0.5) is 0 Å². The summed E-state index contributed by atoms with van der Waals surface area (Å²) in [5.74, 6) is 0.802. The minimum Gasteiger partial charge on any atom is -0.381 e. The molecule has 19 heavy (non-hydrogen) atoms. The van der Waals surface area contributed by atoms with Gasteiger partial charge in [-0.25, -0.2) is 0 Å². The highest BCUT2D eigenvalue weighted by Crippen LogP contribution is 2.36. The molecule has 104 valence electrons. The van der Waals surface area contributed by atoms with Crippen molar-refractivity contribution in [2.75, 3.05) is 7.11 Å². The Balaban J connectivity index is 2.17. The summed E-state index contributed by atoms with van der Waals surface area (Å²) < 4.78 is 5.80. The minimum absolute atomic E-state index is 0.174. The van der Waals surface area contributed by atoms with Crippen molar-refractivity contribution >= 4 is 6.29 Å². The summed E-state index contributed by atoms with van der Waals surface area (Å²) in [6.07, 6.45) is 8.18. The molecule has 0 amide bonds. The third kappa shape index (κ3) is 3.66. The van der Waals surface area contributed by atoms with Gasteiger partial charge in [0.05, 0.1) is 6.10 Å². The molecule has 0 saturated heterocycles. The molecular weight excluding hydrogens is 236 g/mol. The van der Waals surface area contributed by atoms with Crippen molar-refractivity contribution in [1.82, 2.24) is 0 Å². The van der Waals surface area contributed by atoms with E-state index in [-0.39, 0.29) is 12.0 Å². The molecule has 2 nitrogen and oxygen atoms in total. The van der Waals surface area contributed by atoms with Crippen LogP contribution < -0.4 is 0 Å². The summed E-state index contributed by atoms with van der Waals surface area (Å²) >= 11 is 0. The molecule has 1 aromatic carbocycles. The first-order chi connectivity index (χ1) is 9.36. The number of hydrogen-bond donors (Lipinski definition) is 0. The first-order valence-electron chi connectivity index (χ1n) is 7.38. The number of hydrogen-bond acceptors (Lipinski definition) is 2. The van der Waals surface area contributed by atoms with Gasteiger partial charge in [0.1, 0.15) is 6.29 Å². The summed E-state index contributed by atoms with van der Waals surface area (Å²) in [5.41, 5.74) is 1.23. The molecule has 0 N–H and O–H groups in total. The number of carbonyl (C=O) groups is 1. The average molecular weight is 260 g/mol. The van der Waals surface area contributed by atoms with E-state index in [4.69, 9.17) is 4.74 Å². The zero-order valence-electron chi connectivity index (χ0n) is 11.8.